The fourth-order valence-corrected chi connectivity index (χ4v) is 2.17. The van der Waals surface area contributed by atoms with Crippen molar-refractivity contribution in [2.45, 2.75) is 18.6 Å². The third-order valence-corrected chi connectivity index (χ3v) is 3.79. The zero-order chi connectivity index (χ0) is 22.5. The van der Waals surface area contributed by atoms with Gasteiger partial charge in [0.2, 0.25) is 10.0 Å². The van der Waals surface area contributed by atoms with Crippen LogP contribution in [0.1, 0.15) is 29.4 Å². The molecule has 21 heavy (non-hydrogen) atoms. The molecule has 0 bridgehead atoms. The van der Waals surface area contributed by atoms with Gasteiger partial charge in [0, 0.05) is 17.2 Å². The van der Waals surface area contributed by atoms with Crippen LogP contribution in [0.25, 0.3) is 0 Å². The zero-order valence-electron chi connectivity index (χ0n) is 19.6. The van der Waals surface area contributed by atoms with E-state index < -0.39 is 36.9 Å². The molecule has 0 spiro atoms. The van der Waals surface area contributed by atoms with Crippen LogP contribution < -0.4 is 10.1 Å². The minimum absolute atomic E-state index is 0.0127. The number of rotatable bonds is 9. The molecule has 0 amide bonds. The summed E-state index contributed by atoms with van der Waals surface area (Å²) in [6.07, 6.45) is 0.894. The molecule has 6 nitrogen and oxygen atoms in total. The molecule has 1 rings (SSSR count). The lowest BCUT2D eigenvalue weighted by molar-refractivity contribution is 0.404. The number of hydrogen-bond donors (Lipinski definition) is 2. The van der Waals surface area contributed by atoms with E-state index in [1.165, 1.54) is 13.3 Å². The molecule has 0 saturated carbocycles. The van der Waals surface area contributed by atoms with E-state index in [2.05, 4.69) is 15.2 Å². The van der Waals surface area contributed by atoms with Crippen LogP contribution in [0.4, 0.5) is 5.69 Å². The first-order valence-electron chi connectivity index (χ1n) is 10.2. The molecule has 0 heterocycles. The number of nitrogens with zero attached hydrogens (tertiary/aromatic N) is 2. The Bertz CT molecular complexity index is 777. The van der Waals surface area contributed by atoms with Gasteiger partial charge in [0.25, 0.3) is 0 Å². The number of anilines is 1. The van der Waals surface area contributed by atoms with Crippen molar-refractivity contribution in [1.82, 2.24) is 9.62 Å². The van der Waals surface area contributed by atoms with Crippen molar-refractivity contribution in [3.8, 4) is 0 Å². The summed E-state index contributed by atoms with van der Waals surface area (Å²) < 4.78 is 84.6. The van der Waals surface area contributed by atoms with Crippen LogP contribution in [0.5, 0.6) is 0 Å². The molecule has 0 aliphatic carbocycles. The summed E-state index contributed by atoms with van der Waals surface area (Å²) >= 11 is 0. The van der Waals surface area contributed by atoms with Crippen molar-refractivity contribution < 1.29 is 19.4 Å². The van der Waals surface area contributed by atoms with Gasteiger partial charge in [-0.05, 0) is 58.0 Å². The van der Waals surface area contributed by atoms with Gasteiger partial charge in [-0.3, -0.25) is 5.43 Å². The van der Waals surface area contributed by atoms with Gasteiger partial charge >= 0.3 is 0 Å². The van der Waals surface area contributed by atoms with Crippen molar-refractivity contribution in [2.24, 2.45) is 5.10 Å². The molecule has 7 heteroatoms. The SMILES string of the molecule is [2H]C([2H])([2H])N(C([2H])([2H])[2H])C([2H])([2H])CCC=NNc1ccc(CS(=O)(=O)NC)cc1. The largest absolute Gasteiger partial charge is 0.309 e. The van der Waals surface area contributed by atoms with E-state index in [0.717, 1.165) is 0 Å². The van der Waals surface area contributed by atoms with Gasteiger partial charge in [0.15, 0.2) is 0 Å². The van der Waals surface area contributed by atoms with Crippen LogP contribution >= 0.6 is 0 Å². The van der Waals surface area contributed by atoms with Gasteiger partial charge < -0.3 is 4.90 Å². The van der Waals surface area contributed by atoms with Crippen molar-refractivity contribution in [1.29, 1.82) is 0 Å². The number of benzene rings is 1. The Morgan fingerprint density at radius 1 is 1.38 bits per heavy atom. The molecule has 0 aliphatic heterocycles. The zero-order valence-corrected chi connectivity index (χ0v) is 12.4. The first-order valence-corrected chi connectivity index (χ1v) is 7.82. The van der Waals surface area contributed by atoms with E-state index in [1.807, 2.05) is 0 Å². The Kier molecular flexibility index (Phi) is 3.70. The summed E-state index contributed by atoms with van der Waals surface area (Å²) in [5, 5.41) is 3.88. The van der Waals surface area contributed by atoms with Crippen LogP contribution in [-0.2, 0) is 15.8 Å². The average molecular weight is 320 g/mol. The standard InChI is InChI=1S/C14H24N4O2S/c1-15-21(19,20)12-13-6-8-14(9-7-13)17-16-10-4-5-11-18(2)3/h6-10,15,17H,4-5,11-12H2,1-3H3/i2D3,3D3,11D2. The van der Waals surface area contributed by atoms with Gasteiger partial charge in [-0.25, -0.2) is 13.1 Å². The fourth-order valence-electron chi connectivity index (χ4n) is 1.39. The highest BCUT2D eigenvalue weighted by molar-refractivity contribution is 7.88. The van der Waals surface area contributed by atoms with Gasteiger partial charge in [-0.2, -0.15) is 5.10 Å². The number of hydrogen-bond acceptors (Lipinski definition) is 5. The van der Waals surface area contributed by atoms with Crippen LogP contribution in [0, 0.1) is 0 Å². The molecule has 0 aliphatic rings. The maximum absolute atomic E-state index is 11.5. The Hall–Kier alpha value is -1.44. The minimum atomic E-state index is -3.37. The summed E-state index contributed by atoms with van der Waals surface area (Å²) in [5.41, 5.74) is 3.81. The van der Waals surface area contributed by atoms with Crippen molar-refractivity contribution in [2.75, 3.05) is 32.9 Å². The maximum Gasteiger partial charge on any atom is 0.215 e. The molecule has 1 aromatic carbocycles. The average Bonchev–Trinajstić information content (AvgIpc) is 2.52. The smallest absolute Gasteiger partial charge is 0.215 e. The summed E-state index contributed by atoms with van der Waals surface area (Å²) in [6, 6.07) is 6.44. The molecular formula is C14H24N4O2S. The summed E-state index contributed by atoms with van der Waals surface area (Å²) in [7, 11) is -2.04. The van der Waals surface area contributed by atoms with E-state index in [4.69, 9.17) is 11.0 Å². The second-order valence-electron chi connectivity index (χ2n) is 4.12. The normalized spacial score (nSPS) is 19.7. The highest BCUT2D eigenvalue weighted by Gasteiger charge is 2.07. The molecule has 0 saturated heterocycles. The number of hydrazone groups is 1. The van der Waals surface area contributed by atoms with E-state index in [-0.39, 0.29) is 17.1 Å². The summed E-state index contributed by atoms with van der Waals surface area (Å²) in [6.45, 7) is -8.83. The Balaban J connectivity index is 2.64. The van der Waals surface area contributed by atoms with Crippen LogP contribution in [0.2, 0.25) is 0 Å². The third kappa shape index (κ3) is 7.79. The lowest BCUT2D eigenvalue weighted by Crippen LogP contribution is -2.20. The predicted molar refractivity (Wildman–Crippen MR) is 88.0 cm³/mol. The highest BCUT2D eigenvalue weighted by atomic mass is 32.2. The molecule has 0 fully saturated rings. The quantitative estimate of drug-likeness (QED) is 0.534. The van der Waals surface area contributed by atoms with Crippen molar-refractivity contribution in [3.05, 3.63) is 29.8 Å². The Morgan fingerprint density at radius 2 is 2.10 bits per heavy atom. The van der Waals surface area contributed by atoms with Crippen LogP contribution in [0.3, 0.4) is 0 Å². The fraction of sp³-hybridized carbons (Fsp3) is 0.500. The van der Waals surface area contributed by atoms with Gasteiger partial charge in [-0.15, -0.1) is 0 Å². The first-order chi connectivity index (χ1) is 13.1. The monoisotopic (exact) mass is 320 g/mol. The van der Waals surface area contributed by atoms with E-state index in [0.29, 0.717) is 11.3 Å². The molecule has 2 N–H and O–H groups in total. The van der Waals surface area contributed by atoms with E-state index >= 15 is 0 Å². The lowest BCUT2D eigenvalue weighted by atomic mass is 10.2. The topological polar surface area (TPSA) is 73.8 Å². The van der Waals surface area contributed by atoms with Crippen LogP contribution in [-0.4, -0.2) is 47.0 Å². The van der Waals surface area contributed by atoms with E-state index in [1.54, 1.807) is 24.3 Å². The second-order valence-corrected chi connectivity index (χ2v) is 6.04. The maximum atomic E-state index is 11.5. The molecule has 0 atom stereocenters. The number of nitrogens with one attached hydrogen (secondary N) is 2. The molecule has 118 valence electrons. The Morgan fingerprint density at radius 3 is 2.71 bits per heavy atom. The molecule has 1 aromatic rings. The highest BCUT2D eigenvalue weighted by Crippen LogP contribution is 2.11. The lowest BCUT2D eigenvalue weighted by Gasteiger charge is -2.06. The van der Waals surface area contributed by atoms with Crippen molar-refractivity contribution >= 4 is 21.9 Å². The Labute approximate surface area is 138 Å². The van der Waals surface area contributed by atoms with Gasteiger partial charge in [-0.1, -0.05) is 12.1 Å². The first kappa shape index (κ1) is 8.87. The van der Waals surface area contributed by atoms with E-state index in [9.17, 15) is 8.42 Å². The van der Waals surface area contributed by atoms with Crippen LogP contribution in [0.15, 0.2) is 29.4 Å². The number of sulfonamides is 1. The molecule has 0 radical (unpaired) electrons. The predicted octanol–water partition coefficient (Wildman–Crippen LogP) is 1.48. The summed E-state index contributed by atoms with van der Waals surface area (Å²) in [5.74, 6) is -0.161. The second kappa shape index (κ2) is 8.76. The molecule has 0 aromatic heterocycles. The third-order valence-electron chi connectivity index (χ3n) is 2.45. The van der Waals surface area contributed by atoms with Crippen molar-refractivity contribution in [3.63, 3.8) is 0 Å². The molecule has 0 unspecified atom stereocenters. The molecular weight excluding hydrogens is 288 g/mol. The summed E-state index contributed by atoms with van der Waals surface area (Å²) in [4.78, 5) is -0.0911. The van der Waals surface area contributed by atoms with Gasteiger partial charge in [0.1, 0.15) is 0 Å². The van der Waals surface area contributed by atoms with Gasteiger partial charge in [0.05, 0.1) is 11.4 Å². The minimum Gasteiger partial charge on any atom is -0.309 e.